The van der Waals surface area contributed by atoms with Gasteiger partial charge in [-0.3, -0.25) is 0 Å². The van der Waals surface area contributed by atoms with Gasteiger partial charge in [-0.15, -0.1) is 0 Å². The van der Waals surface area contributed by atoms with Gasteiger partial charge >= 0.3 is 23.9 Å². The zero-order valence-corrected chi connectivity index (χ0v) is 14.9. The van der Waals surface area contributed by atoms with Gasteiger partial charge < -0.3 is 20.4 Å². The molecule has 2 rings (SSSR count). The van der Waals surface area contributed by atoms with Crippen LogP contribution < -0.4 is 0 Å². The first-order chi connectivity index (χ1) is 12.5. The van der Waals surface area contributed by atoms with Crippen molar-refractivity contribution in [2.75, 3.05) is 0 Å². The number of hydrogen-bond acceptors (Lipinski definition) is 4. The van der Waals surface area contributed by atoms with Crippen molar-refractivity contribution < 1.29 is 39.6 Å². The summed E-state index contributed by atoms with van der Waals surface area (Å²) < 4.78 is 0. The van der Waals surface area contributed by atoms with Crippen LogP contribution in [-0.2, 0) is 0 Å². The van der Waals surface area contributed by atoms with Crippen LogP contribution in [0.15, 0.2) is 30.3 Å². The number of hydrogen-bond donors (Lipinski definition) is 4. The van der Waals surface area contributed by atoms with Crippen molar-refractivity contribution in [1.29, 1.82) is 0 Å². The number of carboxylic acid groups (broad SMARTS) is 4. The van der Waals surface area contributed by atoms with Gasteiger partial charge in [0.25, 0.3) is 0 Å². The molecule has 0 amide bonds. The van der Waals surface area contributed by atoms with Crippen LogP contribution in [0.2, 0.25) is 5.02 Å². The molecular formula is C18H15ClO8. The van der Waals surface area contributed by atoms with Crippen LogP contribution in [0.4, 0.5) is 0 Å². The van der Waals surface area contributed by atoms with E-state index in [0.29, 0.717) is 5.56 Å². The molecule has 142 valence electrons. The zero-order valence-electron chi connectivity index (χ0n) is 14.2. The molecule has 8 nitrogen and oxygen atoms in total. The van der Waals surface area contributed by atoms with Crippen LogP contribution in [0.3, 0.4) is 0 Å². The molecule has 0 aliphatic rings. The van der Waals surface area contributed by atoms with E-state index in [1.54, 1.807) is 6.92 Å². The number of rotatable bonds is 4. The molecule has 0 aromatic heterocycles. The highest BCUT2D eigenvalue weighted by Crippen LogP contribution is 2.24. The van der Waals surface area contributed by atoms with E-state index in [9.17, 15) is 19.2 Å². The van der Waals surface area contributed by atoms with E-state index in [1.165, 1.54) is 37.3 Å². The summed E-state index contributed by atoms with van der Waals surface area (Å²) in [5, 5.41) is 34.6. The predicted molar refractivity (Wildman–Crippen MR) is 95.2 cm³/mol. The van der Waals surface area contributed by atoms with Crippen molar-refractivity contribution in [3.05, 3.63) is 68.7 Å². The summed E-state index contributed by atoms with van der Waals surface area (Å²) in [7, 11) is 0. The molecule has 0 aliphatic carbocycles. The van der Waals surface area contributed by atoms with Crippen LogP contribution in [0.25, 0.3) is 0 Å². The lowest BCUT2D eigenvalue weighted by Gasteiger charge is -2.05. The number of halogens is 1. The van der Waals surface area contributed by atoms with Gasteiger partial charge in [-0.2, -0.15) is 0 Å². The first kappa shape index (κ1) is 21.7. The molecule has 0 saturated heterocycles. The smallest absolute Gasteiger partial charge is 0.337 e. The standard InChI is InChI=1S/C9H7ClO4.C9H8O4/c1-4-2-3-5(8(11)12)7(10)6(4)9(13)14;1-5-6(8(10)11)3-2-4-7(5)9(12)13/h2-3H,1H3,(H,11,12)(H,13,14);2-4H,1H3,(H,10,11)(H,12,13). The lowest BCUT2D eigenvalue weighted by Crippen LogP contribution is -2.06. The molecule has 0 aliphatic heterocycles. The third-order valence-corrected chi connectivity index (χ3v) is 3.98. The number of carboxylic acids is 4. The molecule has 0 bridgehead atoms. The summed E-state index contributed by atoms with van der Waals surface area (Å²) in [4.78, 5) is 42.6. The molecule has 2 aromatic carbocycles. The van der Waals surface area contributed by atoms with Crippen molar-refractivity contribution in [1.82, 2.24) is 0 Å². The fraction of sp³-hybridized carbons (Fsp3) is 0.111. The number of carbonyl (C=O) groups is 4. The average molecular weight is 395 g/mol. The lowest BCUT2D eigenvalue weighted by atomic mass is 10.0. The van der Waals surface area contributed by atoms with Crippen LogP contribution >= 0.6 is 11.6 Å². The van der Waals surface area contributed by atoms with E-state index in [4.69, 9.17) is 32.0 Å². The molecule has 2 aromatic rings. The summed E-state index contributed by atoms with van der Waals surface area (Å²) in [6.07, 6.45) is 0. The molecule has 0 atom stereocenters. The Kier molecular flexibility index (Phi) is 7.07. The Labute approximate surface area is 158 Å². The Bertz CT molecular complexity index is 901. The number of benzene rings is 2. The highest BCUT2D eigenvalue weighted by Gasteiger charge is 2.18. The molecule has 0 fully saturated rings. The summed E-state index contributed by atoms with van der Waals surface area (Å²) >= 11 is 5.64. The first-order valence-electron chi connectivity index (χ1n) is 7.30. The van der Waals surface area contributed by atoms with E-state index in [0.717, 1.165) is 0 Å². The van der Waals surface area contributed by atoms with Crippen LogP contribution in [-0.4, -0.2) is 44.3 Å². The molecule has 0 unspecified atom stereocenters. The second-order valence-corrected chi connectivity index (χ2v) is 5.70. The monoisotopic (exact) mass is 394 g/mol. The van der Waals surface area contributed by atoms with Crippen molar-refractivity contribution in [2.45, 2.75) is 13.8 Å². The Morgan fingerprint density at radius 3 is 1.52 bits per heavy atom. The molecule has 9 heteroatoms. The third-order valence-electron chi connectivity index (χ3n) is 3.59. The van der Waals surface area contributed by atoms with Crippen LogP contribution in [0.5, 0.6) is 0 Å². The predicted octanol–water partition coefficient (Wildman–Crippen LogP) is 3.44. The topological polar surface area (TPSA) is 149 Å². The van der Waals surface area contributed by atoms with Gasteiger partial charge in [-0.1, -0.05) is 23.7 Å². The maximum Gasteiger partial charge on any atom is 0.337 e. The molecular weight excluding hydrogens is 380 g/mol. The number of aryl methyl sites for hydroxylation is 1. The molecule has 0 heterocycles. The lowest BCUT2D eigenvalue weighted by molar-refractivity contribution is 0.0675. The van der Waals surface area contributed by atoms with E-state index in [2.05, 4.69) is 0 Å². The van der Waals surface area contributed by atoms with Gasteiger partial charge in [0, 0.05) is 0 Å². The minimum absolute atomic E-state index is 0.0277. The Balaban J connectivity index is 0.000000271. The highest BCUT2D eigenvalue weighted by atomic mass is 35.5. The van der Waals surface area contributed by atoms with Gasteiger partial charge in [-0.25, -0.2) is 19.2 Å². The van der Waals surface area contributed by atoms with Crippen LogP contribution in [0, 0.1) is 13.8 Å². The normalized spacial score (nSPS) is 9.74. The molecule has 27 heavy (non-hydrogen) atoms. The third kappa shape index (κ3) is 5.05. The van der Waals surface area contributed by atoms with Gasteiger partial charge in [0.1, 0.15) is 0 Å². The zero-order chi connectivity index (χ0) is 20.9. The van der Waals surface area contributed by atoms with E-state index in [1.807, 2.05) is 0 Å². The van der Waals surface area contributed by atoms with Crippen molar-refractivity contribution in [3.63, 3.8) is 0 Å². The number of aromatic carboxylic acids is 4. The fourth-order valence-corrected chi connectivity index (χ4v) is 2.57. The fourth-order valence-electron chi connectivity index (χ4n) is 2.20. The molecule has 0 saturated carbocycles. The summed E-state index contributed by atoms with van der Waals surface area (Å²) in [6, 6.07) is 6.87. The quantitative estimate of drug-likeness (QED) is 0.616. The molecule has 0 radical (unpaired) electrons. The minimum atomic E-state index is -1.24. The van der Waals surface area contributed by atoms with Crippen LogP contribution in [0.1, 0.15) is 52.6 Å². The van der Waals surface area contributed by atoms with Gasteiger partial charge in [0.05, 0.1) is 27.3 Å². The maximum absolute atomic E-state index is 10.7. The van der Waals surface area contributed by atoms with E-state index >= 15 is 0 Å². The largest absolute Gasteiger partial charge is 0.478 e. The second kappa shape index (κ2) is 8.81. The van der Waals surface area contributed by atoms with Crippen molar-refractivity contribution >= 4 is 35.5 Å². The second-order valence-electron chi connectivity index (χ2n) is 5.32. The first-order valence-corrected chi connectivity index (χ1v) is 7.68. The molecule has 4 N–H and O–H groups in total. The van der Waals surface area contributed by atoms with Crippen molar-refractivity contribution in [2.24, 2.45) is 0 Å². The van der Waals surface area contributed by atoms with Crippen molar-refractivity contribution in [3.8, 4) is 0 Å². The summed E-state index contributed by atoms with van der Waals surface area (Å²) in [5.41, 5.74) is 0.413. The van der Waals surface area contributed by atoms with E-state index in [-0.39, 0.29) is 32.8 Å². The Morgan fingerprint density at radius 2 is 1.15 bits per heavy atom. The Hall–Kier alpha value is -3.39. The Morgan fingerprint density at radius 1 is 0.704 bits per heavy atom. The summed E-state index contributed by atoms with van der Waals surface area (Å²) in [5.74, 6) is -4.69. The SMILES string of the molecule is Cc1c(C(=O)O)cccc1C(=O)O.Cc1ccc(C(=O)O)c(Cl)c1C(=O)O. The average Bonchev–Trinajstić information content (AvgIpc) is 2.54. The maximum atomic E-state index is 10.7. The van der Waals surface area contributed by atoms with Gasteiger partial charge in [0.2, 0.25) is 0 Å². The van der Waals surface area contributed by atoms with E-state index < -0.39 is 23.9 Å². The van der Waals surface area contributed by atoms with Gasteiger partial charge in [0.15, 0.2) is 0 Å². The van der Waals surface area contributed by atoms with Gasteiger partial charge in [-0.05, 0) is 43.2 Å². The molecule has 0 spiro atoms. The highest BCUT2D eigenvalue weighted by molar-refractivity contribution is 6.36. The summed E-state index contributed by atoms with van der Waals surface area (Å²) in [6.45, 7) is 3.04. The minimum Gasteiger partial charge on any atom is -0.478 e.